The fraction of sp³-hybridized carbons (Fsp3) is 0.375. The highest BCUT2D eigenvalue weighted by molar-refractivity contribution is 5.96. The maximum Gasteiger partial charge on any atom is 0.407 e. The van der Waals surface area contributed by atoms with E-state index < -0.39 is 11.5 Å². The van der Waals surface area contributed by atoms with E-state index in [-0.39, 0.29) is 12.0 Å². The largest absolute Gasteiger partial charge is 0.489 e. The van der Waals surface area contributed by atoms with Gasteiger partial charge in [0.25, 0.3) is 0 Å². The zero-order chi connectivity index (χ0) is 22.9. The van der Waals surface area contributed by atoms with Crippen molar-refractivity contribution in [1.29, 1.82) is 0 Å². The van der Waals surface area contributed by atoms with E-state index in [1.54, 1.807) is 6.20 Å². The van der Waals surface area contributed by atoms with Gasteiger partial charge in [0.05, 0.1) is 11.7 Å². The molecule has 0 saturated carbocycles. The van der Waals surface area contributed by atoms with E-state index in [4.69, 9.17) is 9.84 Å². The smallest absolute Gasteiger partial charge is 0.407 e. The molecular weight excluding hydrogens is 408 g/mol. The van der Waals surface area contributed by atoms with Crippen molar-refractivity contribution in [3.63, 3.8) is 0 Å². The molecule has 168 valence electrons. The Balaban J connectivity index is 1.44. The summed E-state index contributed by atoms with van der Waals surface area (Å²) in [6.07, 6.45) is 4.10. The second-order valence-corrected chi connectivity index (χ2v) is 9.10. The third-order valence-electron chi connectivity index (χ3n) is 5.61. The number of likely N-dealkylation sites (tertiary alicyclic amines) is 1. The van der Waals surface area contributed by atoms with Gasteiger partial charge >= 0.3 is 6.09 Å². The van der Waals surface area contributed by atoms with E-state index >= 15 is 0 Å². The Kier molecular flexibility index (Phi) is 5.78. The van der Waals surface area contributed by atoms with E-state index in [1.165, 1.54) is 4.90 Å². The maximum atomic E-state index is 12.3. The minimum absolute atomic E-state index is 0.00705. The highest BCUT2D eigenvalue weighted by atomic mass is 16.5. The molecule has 3 aromatic rings. The first-order valence-corrected chi connectivity index (χ1v) is 10.7. The number of piperidine rings is 1. The number of pyridine rings is 1. The van der Waals surface area contributed by atoms with Gasteiger partial charge in [0.15, 0.2) is 0 Å². The molecule has 2 aromatic heterocycles. The number of nitrogens with one attached hydrogen (secondary N) is 1. The number of ether oxygens (including phenoxy) is 1. The number of rotatable bonds is 4. The third-order valence-corrected chi connectivity index (χ3v) is 5.61. The zero-order valence-electron chi connectivity index (χ0n) is 18.5. The number of nitrogens with zero attached hydrogens (tertiary/aromatic N) is 3. The SMILES string of the molecule is CC(C)(C)C(=O)Nc1ccc2c(ccn2-c2ccc(OC3CCN(C(=O)O)CC3)cn2)c1. The number of amides is 2. The molecule has 32 heavy (non-hydrogen) atoms. The molecule has 2 amide bonds. The lowest BCUT2D eigenvalue weighted by molar-refractivity contribution is -0.123. The summed E-state index contributed by atoms with van der Waals surface area (Å²) in [5.74, 6) is 1.41. The quantitative estimate of drug-likeness (QED) is 0.626. The van der Waals surface area contributed by atoms with Gasteiger partial charge < -0.3 is 24.6 Å². The summed E-state index contributed by atoms with van der Waals surface area (Å²) >= 11 is 0. The van der Waals surface area contributed by atoms with Crippen LogP contribution < -0.4 is 10.1 Å². The Morgan fingerprint density at radius 3 is 2.50 bits per heavy atom. The van der Waals surface area contributed by atoms with E-state index in [1.807, 2.05) is 67.9 Å². The second kappa shape index (κ2) is 8.53. The first-order valence-electron chi connectivity index (χ1n) is 10.7. The number of aromatic nitrogens is 2. The Hall–Kier alpha value is -3.55. The van der Waals surface area contributed by atoms with Crippen molar-refractivity contribution in [2.24, 2.45) is 5.41 Å². The standard InChI is InChI=1S/C24H28N4O4/c1-24(2,3)22(29)26-17-4-6-20-16(14-17)8-13-28(20)21-7-5-19(15-25-21)32-18-9-11-27(12-10-18)23(30)31/h4-8,13-15,18H,9-12H2,1-3H3,(H,26,29)(H,30,31). The van der Waals surface area contributed by atoms with Crippen LogP contribution in [-0.2, 0) is 4.79 Å². The lowest BCUT2D eigenvalue weighted by atomic mass is 9.95. The van der Waals surface area contributed by atoms with Crippen molar-refractivity contribution in [3.05, 3.63) is 48.8 Å². The molecular formula is C24H28N4O4. The van der Waals surface area contributed by atoms with Gasteiger partial charge in [-0.3, -0.25) is 4.79 Å². The summed E-state index contributed by atoms with van der Waals surface area (Å²) in [6.45, 7) is 6.62. The first kappa shape index (κ1) is 21.7. The molecule has 1 saturated heterocycles. The summed E-state index contributed by atoms with van der Waals surface area (Å²) in [4.78, 5) is 29.2. The van der Waals surface area contributed by atoms with E-state index in [9.17, 15) is 9.59 Å². The zero-order valence-corrected chi connectivity index (χ0v) is 18.5. The average Bonchev–Trinajstić information content (AvgIpc) is 3.17. The Morgan fingerprint density at radius 2 is 1.88 bits per heavy atom. The molecule has 4 rings (SSSR count). The van der Waals surface area contributed by atoms with Crippen molar-refractivity contribution in [1.82, 2.24) is 14.5 Å². The molecule has 0 bridgehead atoms. The third kappa shape index (κ3) is 4.69. The number of fused-ring (bicyclic) bond motifs is 1. The highest BCUT2D eigenvalue weighted by Gasteiger charge is 2.24. The average molecular weight is 437 g/mol. The molecule has 3 heterocycles. The molecule has 1 aliphatic heterocycles. The fourth-order valence-corrected chi connectivity index (χ4v) is 3.68. The number of anilines is 1. The van der Waals surface area contributed by atoms with Crippen LogP contribution in [-0.4, -0.2) is 50.8 Å². The molecule has 1 aliphatic rings. The molecule has 0 unspecified atom stereocenters. The first-order chi connectivity index (χ1) is 15.2. The van der Waals surface area contributed by atoms with Gasteiger partial charge in [0, 0.05) is 48.6 Å². The highest BCUT2D eigenvalue weighted by Crippen LogP contribution is 2.26. The number of carbonyl (C=O) groups excluding carboxylic acids is 1. The van der Waals surface area contributed by atoms with Crippen LogP contribution in [0.3, 0.4) is 0 Å². The molecule has 2 N–H and O–H groups in total. The van der Waals surface area contributed by atoms with Crippen molar-refractivity contribution in [2.45, 2.75) is 39.7 Å². The minimum atomic E-state index is -0.878. The van der Waals surface area contributed by atoms with Crippen molar-refractivity contribution in [2.75, 3.05) is 18.4 Å². The molecule has 0 spiro atoms. The lowest BCUT2D eigenvalue weighted by Gasteiger charge is -2.30. The second-order valence-electron chi connectivity index (χ2n) is 9.10. The summed E-state index contributed by atoms with van der Waals surface area (Å²) in [5, 5.41) is 13.0. The maximum absolute atomic E-state index is 12.3. The van der Waals surface area contributed by atoms with Gasteiger partial charge in [-0.2, -0.15) is 0 Å². The van der Waals surface area contributed by atoms with Crippen LogP contribution >= 0.6 is 0 Å². The molecule has 1 fully saturated rings. The Morgan fingerprint density at radius 1 is 1.12 bits per heavy atom. The summed E-state index contributed by atoms with van der Waals surface area (Å²) < 4.78 is 7.98. The van der Waals surface area contributed by atoms with Crippen LogP contribution in [0.1, 0.15) is 33.6 Å². The van der Waals surface area contributed by atoms with Crippen LogP contribution in [0.25, 0.3) is 16.7 Å². The van der Waals surface area contributed by atoms with Gasteiger partial charge in [0.2, 0.25) is 5.91 Å². The van der Waals surface area contributed by atoms with Gasteiger partial charge in [-0.25, -0.2) is 9.78 Å². The Bertz CT molecular complexity index is 1120. The fourth-order valence-electron chi connectivity index (χ4n) is 3.68. The topological polar surface area (TPSA) is 96.7 Å². The van der Waals surface area contributed by atoms with Gasteiger partial charge in [-0.15, -0.1) is 0 Å². The number of hydrogen-bond donors (Lipinski definition) is 2. The Labute approximate surface area is 186 Å². The molecule has 8 heteroatoms. The predicted molar refractivity (Wildman–Crippen MR) is 122 cm³/mol. The van der Waals surface area contributed by atoms with Gasteiger partial charge in [-0.05, 0) is 36.4 Å². The van der Waals surface area contributed by atoms with E-state index in [0.717, 1.165) is 22.4 Å². The molecule has 1 aromatic carbocycles. The predicted octanol–water partition coefficient (Wildman–Crippen LogP) is 4.53. The van der Waals surface area contributed by atoms with Gasteiger partial charge in [-0.1, -0.05) is 20.8 Å². The van der Waals surface area contributed by atoms with Gasteiger partial charge in [0.1, 0.15) is 17.7 Å². The van der Waals surface area contributed by atoms with E-state index in [0.29, 0.717) is 31.7 Å². The van der Waals surface area contributed by atoms with E-state index in [2.05, 4.69) is 10.3 Å². The van der Waals surface area contributed by atoms with Crippen molar-refractivity contribution in [3.8, 4) is 11.6 Å². The van der Waals surface area contributed by atoms with Crippen LogP contribution in [0, 0.1) is 5.41 Å². The number of carbonyl (C=O) groups is 2. The molecule has 8 nitrogen and oxygen atoms in total. The minimum Gasteiger partial charge on any atom is -0.489 e. The lowest BCUT2D eigenvalue weighted by Crippen LogP contribution is -2.41. The summed E-state index contributed by atoms with van der Waals surface area (Å²) in [7, 11) is 0. The molecule has 0 radical (unpaired) electrons. The molecule has 0 aliphatic carbocycles. The number of carboxylic acid groups (broad SMARTS) is 1. The number of benzene rings is 1. The molecule has 0 atom stereocenters. The van der Waals surface area contributed by atoms with Crippen molar-refractivity contribution >= 4 is 28.6 Å². The van der Waals surface area contributed by atoms with Crippen molar-refractivity contribution < 1.29 is 19.4 Å². The van der Waals surface area contributed by atoms with Crippen LogP contribution in [0.15, 0.2) is 48.8 Å². The summed E-state index contributed by atoms with van der Waals surface area (Å²) in [5.41, 5.74) is 1.30. The number of hydrogen-bond acceptors (Lipinski definition) is 4. The normalized spacial score (nSPS) is 15.0. The van der Waals surface area contributed by atoms with Crippen LogP contribution in [0.4, 0.5) is 10.5 Å². The monoisotopic (exact) mass is 436 g/mol. The summed E-state index contributed by atoms with van der Waals surface area (Å²) in [6, 6.07) is 11.6. The van der Waals surface area contributed by atoms with Crippen LogP contribution in [0.5, 0.6) is 5.75 Å². The van der Waals surface area contributed by atoms with Crippen LogP contribution in [0.2, 0.25) is 0 Å².